The third-order valence-corrected chi connectivity index (χ3v) is 5.37. The van der Waals surface area contributed by atoms with Crippen molar-refractivity contribution in [3.05, 3.63) is 28.2 Å². The Bertz CT molecular complexity index is 444. The second-order valence-corrected chi connectivity index (χ2v) is 7.47. The first-order chi connectivity index (χ1) is 8.56. The molecule has 3 heteroatoms. The molecule has 0 radical (unpaired) electrons. The number of Topliss-reactive ketones (excluding diaryl/α,β-unsaturated/α-hetero) is 1. The number of carbonyl (C=O) groups is 1. The van der Waals surface area contributed by atoms with E-state index in [4.69, 9.17) is 0 Å². The van der Waals surface area contributed by atoms with E-state index in [-0.39, 0.29) is 5.78 Å². The largest absolute Gasteiger partial charge is 0.294 e. The number of rotatable bonds is 3. The highest BCUT2D eigenvalue weighted by Gasteiger charge is 2.21. The standard InChI is InChI=1S/C15H19BrOS/c1-10-4-3-5-13(8-10)18-15-7-6-12(16)9-14(15)11(2)17/h6-7,9-10,13H,3-5,8H2,1-2H3. The molecule has 1 nitrogen and oxygen atoms in total. The van der Waals surface area contributed by atoms with E-state index in [2.05, 4.69) is 28.9 Å². The molecule has 0 spiro atoms. The van der Waals surface area contributed by atoms with Crippen LogP contribution in [0.15, 0.2) is 27.6 Å². The molecule has 2 rings (SSSR count). The molecule has 2 unspecified atom stereocenters. The molecule has 0 saturated heterocycles. The number of halogens is 1. The molecule has 0 amide bonds. The van der Waals surface area contributed by atoms with E-state index in [1.54, 1.807) is 6.92 Å². The van der Waals surface area contributed by atoms with Crippen LogP contribution in [0.1, 0.15) is 49.9 Å². The maximum Gasteiger partial charge on any atom is 0.160 e. The highest BCUT2D eigenvalue weighted by Crippen LogP contribution is 2.38. The lowest BCUT2D eigenvalue weighted by atomic mass is 9.91. The molecule has 1 aliphatic rings. The molecule has 1 aliphatic carbocycles. The molecule has 2 atom stereocenters. The van der Waals surface area contributed by atoms with E-state index in [9.17, 15) is 4.79 Å². The van der Waals surface area contributed by atoms with E-state index in [1.807, 2.05) is 23.9 Å². The summed E-state index contributed by atoms with van der Waals surface area (Å²) in [6, 6.07) is 6.04. The van der Waals surface area contributed by atoms with Gasteiger partial charge in [0.2, 0.25) is 0 Å². The van der Waals surface area contributed by atoms with Gasteiger partial charge in [0.05, 0.1) is 0 Å². The van der Waals surface area contributed by atoms with Crippen molar-refractivity contribution < 1.29 is 4.79 Å². The normalized spacial score (nSPS) is 23.9. The lowest BCUT2D eigenvalue weighted by Crippen LogP contribution is -2.15. The first-order valence-electron chi connectivity index (χ1n) is 6.53. The Morgan fingerprint density at radius 1 is 1.39 bits per heavy atom. The van der Waals surface area contributed by atoms with Gasteiger partial charge in [-0.05, 0) is 43.9 Å². The number of carbonyl (C=O) groups excluding carboxylic acids is 1. The summed E-state index contributed by atoms with van der Waals surface area (Å²) in [6.45, 7) is 3.98. The molecule has 1 aromatic rings. The maximum atomic E-state index is 11.7. The fraction of sp³-hybridized carbons (Fsp3) is 0.533. The number of ketones is 1. The second-order valence-electron chi connectivity index (χ2n) is 5.21. The summed E-state index contributed by atoms with van der Waals surface area (Å²) >= 11 is 5.33. The second kappa shape index (κ2) is 6.25. The minimum atomic E-state index is 0.155. The average Bonchev–Trinajstić information content (AvgIpc) is 2.31. The minimum Gasteiger partial charge on any atom is -0.294 e. The van der Waals surface area contributed by atoms with Crippen LogP contribution in [0.2, 0.25) is 0 Å². The summed E-state index contributed by atoms with van der Waals surface area (Å²) in [5, 5.41) is 0.674. The SMILES string of the molecule is CC(=O)c1cc(Br)ccc1SC1CCCC(C)C1. The number of thioether (sulfide) groups is 1. The van der Waals surface area contributed by atoms with E-state index in [0.717, 1.165) is 20.8 Å². The van der Waals surface area contributed by atoms with Crippen molar-refractivity contribution in [3.63, 3.8) is 0 Å². The Hall–Kier alpha value is -0.280. The molecule has 1 aromatic carbocycles. The van der Waals surface area contributed by atoms with Crippen molar-refractivity contribution >= 4 is 33.5 Å². The van der Waals surface area contributed by atoms with Crippen LogP contribution in [-0.4, -0.2) is 11.0 Å². The lowest BCUT2D eigenvalue weighted by Gasteiger charge is -2.26. The van der Waals surface area contributed by atoms with Crippen molar-refractivity contribution in [2.24, 2.45) is 5.92 Å². The summed E-state index contributed by atoms with van der Waals surface area (Å²) in [5.41, 5.74) is 0.854. The highest BCUT2D eigenvalue weighted by atomic mass is 79.9. The van der Waals surface area contributed by atoms with Gasteiger partial charge in [-0.2, -0.15) is 0 Å². The van der Waals surface area contributed by atoms with Crippen molar-refractivity contribution in [3.8, 4) is 0 Å². The number of hydrogen-bond donors (Lipinski definition) is 0. The Morgan fingerprint density at radius 2 is 2.17 bits per heavy atom. The lowest BCUT2D eigenvalue weighted by molar-refractivity contribution is 0.101. The molecule has 0 aliphatic heterocycles. The average molecular weight is 327 g/mol. The number of benzene rings is 1. The zero-order valence-electron chi connectivity index (χ0n) is 10.9. The quantitative estimate of drug-likeness (QED) is 0.699. The first-order valence-corrected chi connectivity index (χ1v) is 8.20. The van der Waals surface area contributed by atoms with Crippen LogP contribution in [0.5, 0.6) is 0 Å². The van der Waals surface area contributed by atoms with Gasteiger partial charge in [0.15, 0.2) is 5.78 Å². The molecule has 1 fully saturated rings. The van der Waals surface area contributed by atoms with Crippen LogP contribution in [0.25, 0.3) is 0 Å². The molecule has 18 heavy (non-hydrogen) atoms. The van der Waals surface area contributed by atoms with Gasteiger partial charge in [-0.1, -0.05) is 35.7 Å². The molecule has 0 aromatic heterocycles. The molecule has 98 valence electrons. The van der Waals surface area contributed by atoms with Gasteiger partial charge < -0.3 is 0 Å². The van der Waals surface area contributed by atoms with Crippen LogP contribution < -0.4 is 0 Å². The van der Waals surface area contributed by atoms with E-state index < -0.39 is 0 Å². The van der Waals surface area contributed by atoms with Gasteiger partial charge in [-0.25, -0.2) is 0 Å². The predicted molar refractivity (Wildman–Crippen MR) is 81.4 cm³/mol. The number of hydrogen-bond acceptors (Lipinski definition) is 2. The molecule has 0 bridgehead atoms. The summed E-state index contributed by atoms with van der Waals surface area (Å²) in [5.74, 6) is 0.982. The Morgan fingerprint density at radius 3 is 2.83 bits per heavy atom. The van der Waals surface area contributed by atoms with Crippen LogP contribution in [0, 0.1) is 5.92 Å². The minimum absolute atomic E-state index is 0.155. The van der Waals surface area contributed by atoms with Gasteiger partial charge >= 0.3 is 0 Å². The van der Waals surface area contributed by atoms with Crippen molar-refractivity contribution in [1.82, 2.24) is 0 Å². The Labute approximate surface area is 122 Å². The van der Waals surface area contributed by atoms with Crippen molar-refractivity contribution in [1.29, 1.82) is 0 Å². The first kappa shape index (κ1) is 14.1. The summed E-state index contributed by atoms with van der Waals surface area (Å²) < 4.78 is 0.981. The van der Waals surface area contributed by atoms with Crippen molar-refractivity contribution in [2.75, 3.05) is 0 Å². The zero-order valence-corrected chi connectivity index (χ0v) is 13.3. The molecule has 0 heterocycles. The van der Waals surface area contributed by atoms with Crippen LogP contribution in [-0.2, 0) is 0 Å². The van der Waals surface area contributed by atoms with Gasteiger partial charge in [0, 0.05) is 20.2 Å². The fourth-order valence-corrected chi connectivity index (χ4v) is 4.45. The molecular weight excluding hydrogens is 308 g/mol. The van der Waals surface area contributed by atoms with Crippen LogP contribution in [0.4, 0.5) is 0 Å². The van der Waals surface area contributed by atoms with Gasteiger partial charge in [-0.3, -0.25) is 4.79 Å². The molecule has 1 saturated carbocycles. The summed E-state index contributed by atoms with van der Waals surface area (Å²) in [7, 11) is 0. The highest BCUT2D eigenvalue weighted by molar-refractivity contribution is 9.10. The van der Waals surface area contributed by atoms with E-state index >= 15 is 0 Å². The molecule has 0 N–H and O–H groups in total. The van der Waals surface area contributed by atoms with Crippen molar-refractivity contribution in [2.45, 2.75) is 49.7 Å². The summed E-state index contributed by atoms with van der Waals surface area (Å²) in [4.78, 5) is 12.8. The Kier molecular flexibility index (Phi) is 4.91. The smallest absolute Gasteiger partial charge is 0.160 e. The fourth-order valence-electron chi connectivity index (χ4n) is 2.55. The Balaban J connectivity index is 2.15. The van der Waals surface area contributed by atoms with Gasteiger partial charge in [0.1, 0.15) is 0 Å². The van der Waals surface area contributed by atoms with Crippen LogP contribution in [0.3, 0.4) is 0 Å². The third kappa shape index (κ3) is 3.61. The zero-order chi connectivity index (χ0) is 13.1. The van der Waals surface area contributed by atoms with Gasteiger partial charge in [0.25, 0.3) is 0 Å². The predicted octanol–water partition coefficient (Wildman–Crippen LogP) is 5.32. The van der Waals surface area contributed by atoms with E-state index in [1.165, 1.54) is 25.7 Å². The van der Waals surface area contributed by atoms with Crippen LogP contribution >= 0.6 is 27.7 Å². The monoisotopic (exact) mass is 326 g/mol. The van der Waals surface area contributed by atoms with E-state index in [0.29, 0.717) is 5.25 Å². The third-order valence-electron chi connectivity index (χ3n) is 3.50. The maximum absolute atomic E-state index is 11.7. The van der Waals surface area contributed by atoms with Gasteiger partial charge in [-0.15, -0.1) is 11.8 Å². The summed E-state index contributed by atoms with van der Waals surface area (Å²) in [6.07, 6.45) is 5.24. The topological polar surface area (TPSA) is 17.1 Å². The molecular formula is C15H19BrOS.